The predicted molar refractivity (Wildman–Crippen MR) is 87.4 cm³/mol. The molecule has 2 N–H and O–H groups in total. The lowest BCUT2D eigenvalue weighted by Gasteiger charge is -2.43. The van der Waals surface area contributed by atoms with Crippen LogP contribution in [0.3, 0.4) is 0 Å². The van der Waals surface area contributed by atoms with Crippen LogP contribution in [0.25, 0.3) is 0 Å². The molecule has 1 heterocycles. The summed E-state index contributed by atoms with van der Waals surface area (Å²) in [7, 11) is 0. The molecule has 4 nitrogen and oxygen atoms in total. The third kappa shape index (κ3) is 3.97. The van der Waals surface area contributed by atoms with Crippen molar-refractivity contribution in [3.8, 4) is 0 Å². The molecular formula is C17H27N3O. The van der Waals surface area contributed by atoms with Gasteiger partial charge in [0.25, 0.3) is 0 Å². The van der Waals surface area contributed by atoms with E-state index >= 15 is 0 Å². The number of rotatable bonds is 3. The fourth-order valence-electron chi connectivity index (χ4n) is 2.79. The maximum Gasteiger partial charge on any atom is 0.322 e. The zero-order chi connectivity index (χ0) is 15.4. The SMILES string of the molecule is CC(C)C1CN(C(=O)Nc2ccccc2)C(C(C)C)CN1. The van der Waals surface area contributed by atoms with Crippen molar-refractivity contribution in [1.82, 2.24) is 10.2 Å². The summed E-state index contributed by atoms with van der Waals surface area (Å²) in [6, 6.07) is 10.3. The Labute approximate surface area is 127 Å². The molecule has 1 saturated heterocycles. The molecule has 1 fully saturated rings. The number of nitrogens with one attached hydrogen (secondary N) is 2. The number of benzene rings is 1. The fraction of sp³-hybridized carbons (Fsp3) is 0.588. The van der Waals surface area contributed by atoms with E-state index in [0.29, 0.717) is 17.9 Å². The van der Waals surface area contributed by atoms with Crippen molar-refractivity contribution in [2.24, 2.45) is 11.8 Å². The molecule has 1 aliphatic rings. The molecule has 2 rings (SSSR count). The normalized spacial score (nSPS) is 22.7. The first-order chi connectivity index (χ1) is 9.99. The third-order valence-electron chi connectivity index (χ3n) is 4.24. The van der Waals surface area contributed by atoms with E-state index in [4.69, 9.17) is 0 Å². The molecule has 1 aliphatic heterocycles. The van der Waals surface area contributed by atoms with Gasteiger partial charge in [-0.15, -0.1) is 0 Å². The zero-order valence-electron chi connectivity index (χ0n) is 13.5. The monoisotopic (exact) mass is 289 g/mol. The fourth-order valence-corrected chi connectivity index (χ4v) is 2.79. The molecule has 1 aromatic carbocycles. The second-order valence-electron chi connectivity index (χ2n) is 6.52. The molecular weight excluding hydrogens is 262 g/mol. The number of hydrogen-bond acceptors (Lipinski definition) is 2. The summed E-state index contributed by atoms with van der Waals surface area (Å²) < 4.78 is 0. The quantitative estimate of drug-likeness (QED) is 0.897. The van der Waals surface area contributed by atoms with Gasteiger partial charge in [-0.1, -0.05) is 45.9 Å². The standard InChI is InChI=1S/C17H27N3O/c1-12(2)15-11-20(16(10-18-15)13(3)4)17(21)19-14-8-6-5-7-9-14/h5-9,12-13,15-16,18H,10-11H2,1-4H3,(H,19,21). The lowest BCUT2D eigenvalue weighted by atomic mass is 9.94. The van der Waals surface area contributed by atoms with Crippen LogP contribution in [0.1, 0.15) is 27.7 Å². The van der Waals surface area contributed by atoms with Crippen molar-refractivity contribution in [3.05, 3.63) is 30.3 Å². The molecule has 116 valence electrons. The second-order valence-corrected chi connectivity index (χ2v) is 6.52. The summed E-state index contributed by atoms with van der Waals surface area (Å²) in [5.41, 5.74) is 0.852. The number of nitrogens with zero attached hydrogens (tertiary/aromatic N) is 1. The van der Waals surface area contributed by atoms with Gasteiger partial charge in [-0.3, -0.25) is 0 Å². The Morgan fingerprint density at radius 2 is 1.86 bits per heavy atom. The number of carbonyl (C=O) groups is 1. The van der Waals surface area contributed by atoms with E-state index in [1.165, 1.54) is 0 Å². The van der Waals surface area contributed by atoms with E-state index in [0.717, 1.165) is 18.8 Å². The van der Waals surface area contributed by atoms with Gasteiger partial charge in [0.15, 0.2) is 0 Å². The molecule has 2 unspecified atom stereocenters. The number of amides is 2. The Morgan fingerprint density at radius 1 is 1.19 bits per heavy atom. The molecule has 0 radical (unpaired) electrons. The van der Waals surface area contributed by atoms with Gasteiger partial charge >= 0.3 is 6.03 Å². The molecule has 0 aromatic heterocycles. The molecule has 1 aromatic rings. The highest BCUT2D eigenvalue weighted by atomic mass is 16.2. The Bertz CT molecular complexity index is 458. The van der Waals surface area contributed by atoms with Crippen molar-refractivity contribution < 1.29 is 4.79 Å². The van der Waals surface area contributed by atoms with Gasteiger partial charge in [0, 0.05) is 30.9 Å². The van der Waals surface area contributed by atoms with Gasteiger partial charge in [-0.05, 0) is 24.0 Å². The predicted octanol–water partition coefficient (Wildman–Crippen LogP) is 3.17. The number of hydrogen-bond donors (Lipinski definition) is 2. The van der Waals surface area contributed by atoms with Gasteiger partial charge in [-0.25, -0.2) is 4.79 Å². The van der Waals surface area contributed by atoms with Crippen LogP contribution in [0.15, 0.2) is 30.3 Å². The van der Waals surface area contributed by atoms with Gasteiger partial charge in [0.2, 0.25) is 0 Å². The van der Waals surface area contributed by atoms with Gasteiger partial charge in [0.1, 0.15) is 0 Å². The third-order valence-corrected chi connectivity index (χ3v) is 4.24. The van der Waals surface area contributed by atoms with Gasteiger partial charge in [-0.2, -0.15) is 0 Å². The number of urea groups is 1. The van der Waals surface area contributed by atoms with Crippen molar-refractivity contribution in [1.29, 1.82) is 0 Å². The molecule has 2 amide bonds. The van der Waals surface area contributed by atoms with Crippen LogP contribution in [-0.2, 0) is 0 Å². The average Bonchev–Trinajstić information content (AvgIpc) is 2.47. The Balaban J connectivity index is 2.09. The Kier molecular flexibility index (Phi) is 5.23. The van der Waals surface area contributed by atoms with Gasteiger partial charge < -0.3 is 15.5 Å². The van der Waals surface area contributed by atoms with Crippen LogP contribution in [0.5, 0.6) is 0 Å². The topological polar surface area (TPSA) is 44.4 Å². The lowest BCUT2D eigenvalue weighted by molar-refractivity contribution is 0.114. The molecule has 0 aliphatic carbocycles. The Hall–Kier alpha value is -1.55. The van der Waals surface area contributed by atoms with Crippen LogP contribution < -0.4 is 10.6 Å². The number of piperazine rings is 1. The molecule has 2 atom stereocenters. The largest absolute Gasteiger partial charge is 0.322 e. The van der Waals surface area contributed by atoms with Crippen LogP contribution in [-0.4, -0.2) is 36.1 Å². The second kappa shape index (κ2) is 6.94. The summed E-state index contributed by atoms with van der Waals surface area (Å²) in [4.78, 5) is 14.6. The molecule has 4 heteroatoms. The van der Waals surface area contributed by atoms with Crippen molar-refractivity contribution >= 4 is 11.7 Å². The maximum atomic E-state index is 12.6. The molecule has 0 spiro atoms. The van der Waals surface area contributed by atoms with Crippen molar-refractivity contribution in [2.75, 3.05) is 18.4 Å². The summed E-state index contributed by atoms with van der Waals surface area (Å²) in [5, 5.41) is 6.59. The van der Waals surface area contributed by atoms with E-state index in [9.17, 15) is 4.79 Å². The Morgan fingerprint density at radius 3 is 2.43 bits per heavy atom. The van der Waals surface area contributed by atoms with Crippen LogP contribution in [0.4, 0.5) is 10.5 Å². The summed E-state index contributed by atoms with van der Waals surface area (Å²) >= 11 is 0. The first kappa shape index (κ1) is 15.8. The maximum absolute atomic E-state index is 12.6. The van der Waals surface area contributed by atoms with E-state index in [-0.39, 0.29) is 12.1 Å². The van der Waals surface area contributed by atoms with Crippen LogP contribution >= 0.6 is 0 Å². The minimum absolute atomic E-state index is 0.00653. The van der Waals surface area contributed by atoms with Crippen molar-refractivity contribution in [2.45, 2.75) is 39.8 Å². The number of para-hydroxylation sites is 1. The van der Waals surface area contributed by atoms with Crippen molar-refractivity contribution in [3.63, 3.8) is 0 Å². The molecule has 0 saturated carbocycles. The number of anilines is 1. The highest BCUT2D eigenvalue weighted by Gasteiger charge is 2.34. The van der Waals surface area contributed by atoms with Crippen LogP contribution in [0, 0.1) is 11.8 Å². The lowest BCUT2D eigenvalue weighted by Crippen LogP contribution is -2.62. The van der Waals surface area contributed by atoms with Crippen LogP contribution in [0.2, 0.25) is 0 Å². The highest BCUT2D eigenvalue weighted by molar-refractivity contribution is 5.89. The summed E-state index contributed by atoms with van der Waals surface area (Å²) in [5.74, 6) is 0.956. The highest BCUT2D eigenvalue weighted by Crippen LogP contribution is 2.19. The van der Waals surface area contributed by atoms with E-state index in [1.807, 2.05) is 35.2 Å². The zero-order valence-corrected chi connectivity index (χ0v) is 13.5. The average molecular weight is 289 g/mol. The molecule has 0 bridgehead atoms. The minimum Gasteiger partial charge on any atom is -0.318 e. The first-order valence-corrected chi connectivity index (χ1v) is 7.85. The smallest absolute Gasteiger partial charge is 0.318 e. The summed E-state index contributed by atoms with van der Waals surface area (Å²) in [6.45, 7) is 10.4. The van der Waals surface area contributed by atoms with E-state index in [2.05, 4.69) is 38.3 Å². The van der Waals surface area contributed by atoms with E-state index < -0.39 is 0 Å². The number of carbonyl (C=O) groups excluding carboxylic acids is 1. The molecule has 21 heavy (non-hydrogen) atoms. The van der Waals surface area contributed by atoms with Gasteiger partial charge in [0.05, 0.1) is 0 Å². The first-order valence-electron chi connectivity index (χ1n) is 7.85. The van der Waals surface area contributed by atoms with E-state index in [1.54, 1.807) is 0 Å². The minimum atomic E-state index is 0.00653. The summed E-state index contributed by atoms with van der Waals surface area (Å²) in [6.07, 6.45) is 0.